The Morgan fingerprint density at radius 1 is 0.957 bits per heavy atom. The molecule has 11 nitrogen and oxygen atoms in total. The van der Waals surface area contributed by atoms with Crippen molar-refractivity contribution in [2.75, 3.05) is 17.3 Å². The summed E-state index contributed by atoms with van der Waals surface area (Å²) < 4.78 is 6.53. The first-order chi connectivity index (χ1) is 21.9. The van der Waals surface area contributed by atoms with Crippen LogP contribution in [0.4, 0.5) is 17.1 Å². The van der Waals surface area contributed by atoms with Crippen molar-refractivity contribution in [3.63, 3.8) is 0 Å². The van der Waals surface area contributed by atoms with Crippen molar-refractivity contribution in [2.45, 2.75) is 48.9 Å². The first-order valence-electron chi connectivity index (χ1n) is 14.4. The quantitative estimate of drug-likeness (QED) is 0.155. The molecule has 0 radical (unpaired) electrons. The molecule has 0 unspecified atom stereocenters. The number of methoxy groups -OCH3 is 1. The number of thioether (sulfide) groups is 1. The Morgan fingerprint density at radius 3 is 2.20 bits per heavy atom. The van der Waals surface area contributed by atoms with Gasteiger partial charge in [-0.15, -0.1) is 0 Å². The molecule has 3 aromatic carbocycles. The number of carbonyl (C=O) groups excluding carboxylic acids is 3. The largest absolute Gasteiger partial charge is 0.497 e. The number of non-ortho nitro benzene ring substituents is 1. The molecule has 3 amide bonds. The minimum atomic E-state index is -0.882. The minimum absolute atomic E-state index is 0.119. The molecule has 3 heterocycles. The maximum absolute atomic E-state index is 14.1. The van der Waals surface area contributed by atoms with Crippen LogP contribution in [0.5, 0.6) is 5.75 Å². The number of nitro groups is 1. The molecule has 1 saturated heterocycles. The van der Waals surface area contributed by atoms with Crippen LogP contribution >= 0.6 is 23.1 Å². The molecule has 3 atom stereocenters. The molecule has 6 rings (SSSR count). The summed E-state index contributed by atoms with van der Waals surface area (Å²) in [7, 11) is 1.54. The lowest BCUT2D eigenvalue weighted by atomic mass is 9.81. The summed E-state index contributed by atoms with van der Waals surface area (Å²) in [5, 5.41) is 13.6. The van der Waals surface area contributed by atoms with Crippen molar-refractivity contribution in [3.8, 4) is 5.75 Å². The Morgan fingerprint density at radius 2 is 1.61 bits per heavy atom. The van der Waals surface area contributed by atoms with E-state index in [2.05, 4.69) is 26.1 Å². The summed E-state index contributed by atoms with van der Waals surface area (Å²) in [6.45, 7) is 6.00. The van der Waals surface area contributed by atoms with Crippen LogP contribution in [-0.2, 0) is 26.3 Å². The summed E-state index contributed by atoms with van der Waals surface area (Å²) in [6, 6.07) is 19.9. The molecule has 2 aliphatic rings. The van der Waals surface area contributed by atoms with E-state index in [1.807, 2.05) is 24.3 Å². The molecule has 0 bridgehead atoms. The second kappa shape index (κ2) is 11.9. The Labute approximate surface area is 272 Å². The van der Waals surface area contributed by atoms with Gasteiger partial charge in [-0.2, -0.15) is 0 Å². The molecule has 236 valence electrons. The van der Waals surface area contributed by atoms with Crippen LogP contribution < -0.4 is 19.8 Å². The molecule has 0 aliphatic carbocycles. The van der Waals surface area contributed by atoms with Gasteiger partial charge in [-0.3, -0.25) is 33.9 Å². The number of hydrogen-bond donors (Lipinski definition) is 1. The number of imide groups is 1. The highest BCUT2D eigenvalue weighted by Crippen LogP contribution is 2.54. The second-order valence-corrected chi connectivity index (χ2v) is 14.2. The molecular weight excluding hydrogens is 629 g/mol. The average Bonchev–Trinajstić information content (AvgIpc) is 3.47. The van der Waals surface area contributed by atoms with Gasteiger partial charge < -0.3 is 10.1 Å². The zero-order valence-corrected chi connectivity index (χ0v) is 27.0. The van der Waals surface area contributed by atoms with E-state index in [4.69, 9.17) is 4.74 Å². The van der Waals surface area contributed by atoms with E-state index in [1.54, 1.807) is 31.4 Å². The lowest BCUT2D eigenvalue weighted by Crippen LogP contribution is -2.33. The fourth-order valence-electron chi connectivity index (χ4n) is 5.80. The lowest BCUT2D eigenvalue weighted by molar-refractivity contribution is -0.384. The zero-order valence-electron chi connectivity index (χ0n) is 25.4. The molecule has 2 aliphatic heterocycles. The van der Waals surface area contributed by atoms with Crippen LogP contribution in [0.25, 0.3) is 0 Å². The van der Waals surface area contributed by atoms with Crippen molar-refractivity contribution in [3.05, 3.63) is 109 Å². The number of amides is 3. The normalized spacial score (nSPS) is 19.0. The number of aromatic nitrogens is 1. The van der Waals surface area contributed by atoms with Crippen LogP contribution in [0.2, 0.25) is 0 Å². The van der Waals surface area contributed by atoms with E-state index in [0.29, 0.717) is 21.3 Å². The Bertz CT molecular complexity index is 1910. The van der Waals surface area contributed by atoms with Crippen molar-refractivity contribution >= 4 is 57.9 Å². The SMILES string of the molecule is COc1ccc(NC(=O)Cn2c3c(sc2=O)[C@@H](c2ccc(C(C)(C)C)cc2)[C@@H]2C(=O)N(c4ccc([N+](=O)[O-])cc4)C(=O)[C@@H]2S3)cc1. The van der Waals surface area contributed by atoms with Crippen LogP contribution in [0, 0.1) is 16.0 Å². The van der Waals surface area contributed by atoms with Gasteiger partial charge in [-0.25, -0.2) is 4.90 Å². The maximum atomic E-state index is 14.1. The van der Waals surface area contributed by atoms with Gasteiger partial charge in [0.15, 0.2) is 0 Å². The molecule has 13 heteroatoms. The van der Waals surface area contributed by atoms with Crippen molar-refractivity contribution in [1.29, 1.82) is 0 Å². The summed E-state index contributed by atoms with van der Waals surface area (Å²) in [6.07, 6.45) is 0. The number of benzene rings is 3. The highest BCUT2D eigenvalue weighted by Gasteiger charge is 2.57. The predicted molar refractivity (Wildman–Crippen MR) is 176 cm³/mol. The highest BCUT2D eigenvalue weighted by molar-refractivity contribution is 8.00. The number of hydrogen-bond acceptors (Lipinski definition) is 9. The number of rotatable bonds is 7. The number of fused-ring (bicyclic) bond motifs is 2. The molecule has 4 aromatic rings. The van der Waals surface area contributed by atoms with Gasteiger partial charge >= 0.3 is 4.87 Å². The van der Waals surface area contributed by atoms with E-state index in [0.717, 1.165) is 39.1 Å². The van der Waals surface area contributed by atoms with Crippen LogP contribution in [0.15, 0.2) is 82.6 Å². The number of anilines is 2. The summed E-state index contributed by atoms with van der Waals surface area (Å²) >= 11 is 2.08. The van der Waals surface area contributed by atoms with Crippen LogP contribution in [0.1, 0.15) is 42.7 Å². The minimum Gasteiger partial charge on any atom is -0.497 e. The van der Waals surface area contributed by atoms with E-state index in [-0.39, 0.29) is 28.2 Å². The Balaban J connectivity index is 1.39. The monoisotopic (exact) mass is 658 g/mol. The van der Waals surface area contributed by atoms with E-state index < -0.39 is 39.7 Å². The fraction of sp³-hybridized carbons (Fsp3) is 0.273. The van der Waals surface area contributed by atoms with Crippen LogP contribution in [-0.4, -0.2) is 39.6 Å². The summed E-state index contributed by atoms with van der Waals surface area (Å²) in [5.41, 5.74) is 2.34. The van der Waals surface area contributed by atoms with Crippen molar-refractivity contribution in [2.24, 2.45) is 5.92 Å². The third-order valence-corrected chi connectivity index (χ3v) is 10.8. The molecule has 1 N–H and O–H groups in total. The maximum Gasteiger partial charge on any atom is 0.308 e. The number of nitrogens with zero attached hydrogens (tertiary/aromatic N) is 3. The van der Waals surface area contributed by atoms with Gasteiger partial charge in [-0.1, -0.05) is 68.1 Å². The second-order valence-electron chi connectivity index (χ2n) is 12.1. The van der Waals surface area contributed by atoms with Gasteiger partial charge in [0.2, 0.25) is 17.7 Å². The smallest absolute Gasteiger partial charge is 0.308 e. The first-order valence-corrected chi connectivity index (χ1v) is 16.1. The van der Waals surface area contributed by atoms with E-state index >= 15 is 0 Å². The first kappa shape index (κ1) is 31.2. The molecule has 0 spiro atoms. The zero-order chi connectivity index (χ0) is 32.9. The highest BCUT2D eigenvalue weighted by atomic mass is 32.2. The van der Waals surface area contributed by atoms with Gasteiger partial charge in [0, 0.05) is 28.6 Å². The standard InChI is InChI=1S/C33H30N4O7S2/c1-33(2,3)19-7-5-18(6-8-19)25-26-27(30(40)36(29(26)39)21-11-13-22(14-12-21)37(42)43)45-31-28(25)46-32(41)35(31)17-24(38)34-20-9-15-23(44-4)16-10-20/h5-16,25-27H,17H2,1-4H3,(H,34,38)/t25-,26-,27+/m0/s1. The predicted octanol–water partition coefficient (Wildman–Crippen LogP) is 5.56. The average molecular weight is 659 g/mol. The van der Waals surface area contributed by atoms with E-state index in [1.165, 1.54) is 28.8 Å². The molecule has 0 saturated carbocycles. The molecule has 1 aromatic heterocycles. The summed E-state index contributed by atoms with van der Waals surface area (Å²) in [5.74, 6) is -2.19. The fourth-order valence-corrected chi connectivity index (χ4v) is 8.57. The number of thiazole rings is 1. The number of nitro benzene ring substituents is 1. The van der Waals surface area contributed by atoms with Crippen LogP contribution in [0.3, 0.4) is 0 Å². The van der Waals surface area contributed by atoms with Crippen molar-refractivity contribution < 1.29 is 24.0 Å². The third kappa shape index (κ3) is 5.60. The number of carbonyl (C=O) groups is 3. The lowest BCUT2D eigenvalue weighted by Gasteiger charge is -2.31. The van der Waals surface area contributed by atoms with Crippen molar-refractivity contribution in [1.82, 2.24) is 4.57 Å². The van der Waals surface area contributed by atoms with Gasteiger partial charge in [0.25, 0.3) is 5.69 Å². The molecule has 46 heavy (non-hydrogen) atoms. The van der Waals surface area contributed by atoms with Gasteiger partial charge in [0.05, 0.1) is 28.7 Å². The Hall–Kier alpha value is -4.75. The van der Waals surface area contributed by atoms with E-state index in [9.17, 15) is 29.3 Å². The molecule has 1 fully saturated rings. The van der Waals surface area contributed by atoms with Gasteiger partial charge in [0.1, 0.15) is 17.5 Å². The molecular formula is C33H30N4O7S2. The Kier molecular flexibility index (Phi) is 8.07. The van der Waals surface area contributed by atoms with Gasteiger partial charge in [-0.05, 0) is 52.9 Å². The summed E-state index contributed by atoms with van der Waals surface area (Å²) in [4.78, 5) is 66.6. The third-order valence-electron chi connectivity index (χ3n) is 8.18. The number of ether oxygens (including phenoxy) is 1. The topological polar surface area (TPSA) is 141 Å². The number of nitrogens with one attached hydrogen (secondary N) is 1.